The molecular weight excluding hydrogens is 423 g/mol. The zero-order chi connectivity index (χ0) is 23.1. The van der Waals surface area contributed by atoms with Crippen molar-refractivity contribution in [3.05, 3.63) is 83.7 Å². The number of benzene rings is 2. The maximum atomic E-state index is 12.8. The smallest absolute Gasteiger partial charge is 0.416 e. The normalized spacial score (nSPS) is 11.0. The lowest BCUT2D eigenvalue weighted by molar-refractivity contribution is -0.137. The van der Waals surface area contributed by atoms with Gasteiger partial charge in [-0.3, -0.25) is 14.6 Å². The minimum absolute atomic E-state index is 0.0791. The molecule has 3 aromatic rings. The van der Waals surface area contributed by atoms with Crippen LogP contribution in [-0.2, 0) is 17.4 Å². The number of aromatic nitrogens is 1. The molecule has 2 N–H and O–H groups in total. The Kier molecular flexibility index (Phi) is 7.09. The van der Waals surface area contributed by atoms with Crippen molar-refractivity contribution in [2.24, 2.45) is 0 Å². The molecular formula is C23H20F3N3O3. The summed E-state index contributed by atoms with van der Waals surface area (Å²) in [4.78, 5) is 27.9. The quantitative estimate of drug-likeness (QED) is 0.549. The fourth-order valence-corrected chi connectivity index (χ4v) is 2.88. The number of ether oxygens (including phenoxy) is 1. The fraction of sp³-hybridized carbons (Fsp3) is 0.174. The minimum Gasteiger partial charge on any atom is -0.457 e. The Labute approximate surface area is 182 Å². The zero-order valence-electron chi connectivity index (χ0n) is 17.1. The third kappa shape index (κ3) is 6.31. The number of nitrogens with one attached hydrogen (secondary N) is 2. The molecule has 0 fully saturated rings. The third-order valence-corrected chi connectivity index (χ3v) is 4.44. The Morgan fingerprint density at radius 1 is 1.00 bits per heavy atom. The van der Waals surface area contributed by atoms with Gasteiger partial charge in [0.25, 0.3) is 5.91 Å². The second-order valence-corrected chi connectivity index (χ2v) is 6.83. The van der Waals surface area contributed by atoms with Crippen molar-refractivity contribution in [2.45, 2.75) is 19.0 Å². The number of carbonyl (C=O) groups excluding carboxylic acids is 2. The van der Waals surface area contributed by atoms with Crippen LogP contribution in [0.1, 0.15) is 28.0 Å². The van der Waals surface area contributed by atoms with Crippen molar-refractivity contribution in [1.29, 1.82) is 0 Å². The van der Waals surface area contributed by atoms with E-state index in [0.717, 1.165) is 17.7 Å². The molecule has 166 valence electrons. The summed E-state index contributed by atoms with van der Waals surface area (Å²) in [5.41, 5.74) is 0.289. The highest BCUT2D eigenvalue weighted by molar-refractivity contribution is 5.92. The van der Waals surface area contributed by atoms with E-state index in [1.807, 2.05) is 6.07 Å². The van der Waals surface area contributed by atoms with E-state index < -0.39 is 17.6 Å². The van der Waals surface area contributed by atoms with Gasteiger partial charge in [-0.15, -0.1) is 0 Å². The zero-order valence-corrected chi connectivity index (χ0v) is 17.1. The molecule has 2 amide bonds. The first-order valence-electron chi connectivity index (χ1n) is 9.66. The number of carbonyl (C=O) groups is 2. The molecule has 0 aliphatic heterocycles. The van der Waals surface area contributed by atoms with Crippen molar-refractivity contribution >= 4 is 17.5 Å². The Hall–Kier alpha value is -3.88. The van der Waals surface area contributed by atoms with Gasteiger partial charge in [-0.1, -0.05) is 18.2 Å². The largest absolute Gasteiger partial charge is 0.457 e. The first-order valence-corrected chi connectivity index (χ1v) is 9.66. The summed E-state index contributed by atoms with van der Waals surface area (Å²) < 4.78 is 44.2. The fourth-order valence-electron chi connectivity index (χ4n) is 2.88. The highest BCUT2D eigenvalue weighted by Crippen LogP contribution is 2.30. The molecule has 0 bridgehead atoms. The topological polar surface area (TPSA) is 80.3 Å². The van der Waals surface area contributed by atoms with E-state index in [2.05, 4.69) is 15.6 Å². The van der Waals surface area contributed by atoms with E-state index in [0.29, 0.717) is 17.9 Å². The molecule has 1 aromatic heterocycles. The van der Waals surface area contributed by atoms with Crippen LogP contribution in [0.2, 0.25) is 0 Å². The van der Waals surface area contributed by atoms with Gasteiger partial charge >= 0.3 is 6.18 Å². The molecule has 1 heterocycles. The number of aryl methyl sites for hydroxylation is 1. The number of alkyl halides is 3. The van der Waals surface area contributed by atoms with Gasteiger partial charge in [0.2, 0.25) is 5.91 Å². The van der Waals surface area contributed by atoms with Gasteiger partial charge < -0.3 is 15.4 Å². The molecule has 2 aromatic carbocycles. The van der Waals surface area contributed by atoms with E-state index >= 15 is 0 Å². The number of anilines is 1. The molecule has 0 spiro atoms. The van der Waals surface area contributed by atoms with Gasteiger partial charge in [0, 0.05) is 31.4 Å². The predicted molar refractivity (Wildman–Crippen MR) is 113 cm³/mol. The second-order valence-electron chi connectivity index (χ2n) is 6.83. The lowest BCUT2D eigenvalue weighted by Gasteiger charge is -2.10. The number of halogens is 3. The van der Waals surface area contributed by atoms with E-state index in [1.165, 1.54) is 31.4 Å². The highest BCUT2D eigenvalue weighted by atomic mass is 19.4. The van der Waals surface area contributed by atoms with Gasteiger partial charge in [0.15, 0.2) is 0 Å². The average Bonchev–Trinajstić information content (AvgIpc) is 2.77. The van der Waals surface area contributed by atoms with E-state index in [1.54, 1.807) is 24.3 Å². The summed E-state index contributed by atoms with van der Waals surface area (Å²) in [6.07, 6.45) is -2.57. The van der Waals surface area contributed by atoms with Gasteiger partial charge in [-0.05, 0) is 48.4 Å². The Morgan fingerprint density at radius 2 is 1.75 bits per heavy atom. The maximum Gasteiger partial charge on any atom is 0.416 e. The van der Waals surface area contributed by atoms with Crippen molar-refractivity contribution < 1.29 is 27.5 Å². The van der Waals surface area contributed by atoms with Crippen LogP contribution in [0.5, 0.6) is 11.5 Å². The van der Waals surface area contributed by atoms with Crippen LogP contribution in [-0.4, -0.2) is 23.8 Å². The Bertz CT molecular complexity index is 1120. The average molecular weight is 443 g/mol. The third-order valence-electron chi connectivity index (χ3n) is 4.44. The van der Waals surface area contributed by atoms with Gasteiger partial charge in [0.1, 0.15) is 17.2 Å². The van der Waals surface area contributed by atoms with Crippen molar-refractivity contribution in [2.75, 3.05) is 12.4 Å². The molecule has 0 aliphatic carbocycles. The summed E-state index contributed by atoms with van der Waals surface area (Å²) in [6, 6.07) is 14.7. The van der Waals surface area contributed by atoms with Crippen molar-refractivity contribution in [3.8, 4) is 11.5 Å². The molecule has 0 radical (unpaired) electrons. The first-order chi connectivity index (χ1) is 15.2. The summed E-state index contributed by atoms with van der Waals surface area (Å²) in [6.45, 7) is 0. The molecule has 3 rings (SSSR count). The van der Waals surface area contributed by atoms with E-state index in [4.69, 9.17) is 4.74 Å². The lowest BCUT2D eigenvalue weighted by Crippen LogP contribution is -2.18. The number of amides is 2. The number of nitrogens with zero attached hydrogens (tertiary/aromatic N) is 1. The van der Waals surface area contributed by atoms with Crippen LogP contribution in [0.4, 0.5) is 18.9 Å². The van der Waals surface area contributed by atoms with Crippen LogP contribution in [0, 0.1) is 0 Å². The molecule has 0 saturated carbocycles. The van der Waals surface area contributed by atoms with Gasteiger partial charge in [0.05, 0.1) is 5.56 Å². The standard InChI is InChI=1S/C23H20F3N3O3/c1-27-22(31)20-14-19(10-11-28-20)32-18-7-2-4-15(12-18)8-9-21(30)29-17-6-3-5-16(13-17)23(24,25)26/h2-7,10-14H,8-9H2,1H3,(H,27,31)(H,29,30). The van der Waals surface area contributed by atoms with E-state index in [9.17, 15) is 22.8 Å². The Morgan fingerprint density at radius 3 is 2.50 bits per heavy atom. The number of rotatable bonds is 7. The van der Waals surface area contributed by atoms with Crippen LogP contribution in [0.25, 0.3) is 0 Å². The highest BCUT2D eigenvalue weighted by Gasteiger charge is 2.30. The predicted octanol–water partition coefficient (Wildman–Crippen LogP) is 4.82. The molecule has 0 unspecified atom stereocenters. The monoisotopic (exact) mass is 443 g/mol. The number of hydrogen-bond acceptors (Lipinski definition) is 4. The number of hydrogen-bond donors (Lipinski definition) is 2. The van der Waals surface area contributed by atoms with E-state index in [-0.39, 0.29) is 23.7 Å². The van der Waals surface area contributed by atoms with Crippen LogP contribution in [0.3, 0.4) is 0 Å². The molecule has 32 heavy (non-hydrogen) atoms. The molecule has 0 aliphatic rings. The summed E-state index contributed by atoms with van der Waals surface area (Å²) in [5.74, 6) is 0.198. The SMILES string of the molecule is CNC(=O)c1cc(Oc2cccc(CCC(=O)Nc3cccc(C(F)(F)F)c3)c2)ccn1. The second kappa shape index (κ2) is 9.95. The van der Waals surface area contributed by atoms with Crippen molar-refractivity contribution in [3.63, 3.8) is 0 Å². The Balaban J connectivity index is 1.59. The van der Waals surface area contributed by atoms with Crippen LogP contribution in [0.15, 0.2) is 66.9 Å². The van der Waals surface area contributed by atoms with Crippen LogP contribution < -0.4 is 15.4 Å². The molecule has 6 nitrogen and oxygen atoms in total. The molecule has 0 atom stereocenters. The maximum absolute atomic E-state index is 12.8. The number of pyridine rings is 1. The first kappa shape index (κ1) is 22.8. The summed E-state index contributed by atoms with van der Waals surface area (Å²) in [5, 5.41) is 4.97. The van der Waals surface area contributed by atoms with Gasteiger partial charge in [-0.25, -0.2) is 0 Å². The molecule has 0 saturated heterocycles. The summed E-state index contributed by atoms with van der Waals surface area (Å²) >= 11 is 0. The minimum atomic E-state index is -4.48. The van der Waals surface area contributed by atoms with Crippen molar-refractivity contribution in [1.82, 2.24) is 10.3 Å². The van der Waals surface area contributed by atoms with Crippen LogP contribution >= 0.6 is 0 Å². The molecule has 9 heteroatoms. The summed E-state index contributed by atoms with van der Waals surface area (Å²) in [7, 11) is 1.50. The van der Waals surface area contributed by atoms with Gasteiger partial charge in [-0.2, -0.15) is 13.2 Å². The lowest BCUT2D eigenvalue weighted by atomic mass is 10.1.